The van der Waals surface area contributed by atoms with E-state index in [-0.39, 0.29) is 18.1 Å². The zero-order valence-corrected chi connectivity index (χ0v) is 13.2. The fourth-order valence-corrected chi connectivity index (χ4v) is 3.10. The van der Waals surface area contributed by atoms with Crippen molar-refractivity contribution >= 4 is 23.5 Å². The van der Waals surface area contributed by atoms with Gasteiger partial charge in [-0.05, 0) is 37.1 Å². The zero-order chi connectivity index (χ0) is 16.1. The first-order valence-electron chi connectivity index (χ1n) is 7.21. The van der Waals surface area contributed by atoms with Gasteiger partial charge in [0.1, 0.15) is 0 Å². The van der Waals surface area contributed by atoms with Gasteiger partial charge in [-0.1, -0.05) is 18.2 Å². The summed E-state index contributed by atoms with van der Waals surface area (Å²) >= 11 is 0.470. The highest BCUT2D eigenvalue weighted by atomic mass is 32.2. The molecule has 0 bridgehead atoms. The van der Waals surface area contributed by atoms with Crippen LogP contribution in [-0.4, -0.2) is 41.5 Å². The van der Waals surface area contributed by atoms with Gasteiger partial charge in [-0.25, -0.2) is 4.79 Å². The van der Waals surface area contributed by atoms with Gasteiger partial charge in [0.05, 0.1) is 6.10 Å². The molecule has 0 aliphatic heterocycles. The smallest absolute Gasteiger partial charge is 0.321 e. The first-order valence-corrected chi connectivity index (χ1v) is 8.08. The van der Waals surface area contributed by atoms with Crippen LogP contribution in [0, 0.1) is 5.92 Å². The molecular weight excluding hydrogens is 310 g/mol. The number of hydrogen-bond acceptors (Lipinski definition) is 3. The summed E-state index contributed by atoms with van der Waals surface area (Å²) in [6.07, 6.45) is 2.38. The second-order valence-electron chi connectivity index (χ2n) is 5.47. The molecule has 4 nitrogen and oxygen atoms in total. The molecule has 1 saturated carbocycles. The van der Waals surface area contributed by atoms with Crippen LogP contribution in [0.3, 0.4) is 0 Å². The number of aliphatic hydroxyl groups excluding tert-OH is 1. The molecule has 122 valence electrons. The number of carbonyl (C=O) groups is 1. The molecule has 1 fully saturated rings. The van der Waals surface area contributed by atoms with Crippen molar-refractivity contribution in [2.45, 2.75) is 36.0 Å². The topological polar surface area (TPSA) is 52.6 Å². The number of halogens is 2. The molecule has 0 heterocycles. The van der Waals surface area contributed by atoms with Crippen molar-refractivity contribution in [2.75, 3.05) is 18.9 Å². The van der Waals surface area contributed by atoms with E-state index < -0.39 is 5.76 Å². The summed E-state index contributed by atoms with van der Waals surface area (Å²) < 4.78 is 24.5. The van der Waals surface area contributed by atoms with Crippen LogP contribution >= 0.6 is 11.8 Å². The molecule has 1 aromatic rings. The van der Waals surface area contributed by atoms with E-state index in [1.165, 1.54) is 0 Å². The Morgan fingerprint density at radius 3 is 2.64 bits per heavy atom. The van der Waals surface area contributed by atoms with Crippen molar-refractivity contribution in [1.82, 2.24) is 4.90 Å². The highest BCUT2D eigenvalue weighted by Gasteiger charge is 2.27. The van der Waals surface area contributed by atoms with E-state index in [9.17, 15) is 18.7 Å². The van der Waals surface area contributed by atoms with E-state index in [2.05, 4.69) is 5.32 Å². The Bertz CT molecular complexity index is 499. The third kappa shape index (κ3) is 4.84. The van der Waals surface area contributed by atoms with Crippen molar-refractivity contribution in [3.63, 3.8) is 0 Å². The Labute approximate surface area is 132 Å². The minimum Gasteiger partial charge on any atom is -0.393 e. The summed E-state index contributed by atoms with van der Waals surface area (Å²) in [6.45, 7) is 0.506. The number of nitrogens with one attached hydrogen (secondary N) is 1. The van der Waals surface area contributed by atoms with E-state index in [1.807, 2.05) is 0 Å². The van der Waals surface area contributed by atoms with E-state index >= 15 is 0 Å². The van der Waals surface area contributed by atoms with Gasteiger partial charge in [-0.15, -0.1) is 0 Å². The summed E-state index contributed by atoms with van der Waals surface area (Å²) in [6, 6.07) is 6.02. The molecule has 2 N–H and O–H groups in total. The fourth-order valence-electron chi connectivity index (χ4n) is 2.60. The number of thioether (sulfide) groups is 1. The Kier molecular flexibility index (Phi) is 6.02. The predicted molar refractivity (Wildman–Crippen MR) is 83.3 cm³/mol. The Balaban J connectivity index is 1.85. The molecular formula is C15H20F2N2O2S. The largest absolute Gasteiger partial charge is 0.393 e. The maximum absolute atomic E-state index is 12.2. The SMILES string of the molecule is CN(C[C@@H]1CCC[C@H]1O)C(=O)Nc1ccc(SC(F)F)cc1. The summed E-state index contributed by atoms with van der Waals surface area (Å²) in [5, 5.41) is 12.5. The van der Waals surface area contributed by atoms with Crippen LogP contribution in [-0.2, 0) is 0 Å². The van der Waals surface area contributed by atoms with Gasteiger partial charge in [0.15, 0.2) is 0 Å². The molecule has 1 aromatic carbocycles. The molecule has 0 unspecified atom stereocenters. The molecule has 0 spiro atoms. The number of amides is 2. The molecule has 2 rings (SSSR count). The van der Waals surface area contributed by atoms with Crippen molar-refractivity contribution in [3.8, 4) is 0 Å². The van der Waals surface area contributed by atoms with Crippen molar-refractivity contribution in [2.24, 2.45) is 5.92 Å². The average Bonchev–Trinajstić information content (AvgIpc) is 2.86. The highest BCUT2D eigenvalue weighted by molar-refractivity contribution is 7.99. The number of nitrogens with zero attached hydrogens (tertiary/aromatic N) is 1. The number of rotatable bonds is 5. The number of aliphatic hydroxyl groups is 1. The van der Waals surface area contributed by atoms with Crippen LogP contribution in [0.2, 0.25) is 0 Å². The second kappa shape index (κ2) is 7.78. The van der Waals surface area contributed by atoms with Gasteiger partial charge in [0.2, 0.25) is 0 Å². The third-order valence-electron chi connectivity index (χ3n) is 3.80. The molecule has 0 saturated heterocycles. The van der Waals surface area contributed by atoms with Crippen molar-refractivity contribution in [3.05, 3.63) is 24.3 Å². The van der Waals surface area contributed by atoms with Gasteiger partial charge in [0, 0.05) is 30.1 Å². The van der Waals surface area contributed by atoms with E-state index in [0.717, 1.165) is 19.3 Å². The lowest BCUT2D eigenvalue weighted by molar-refractivity contribution is 0.116. The molecule has 2 atom stereocenters. The van der Waals surface area contributed by atoms with Gasteiger partial charge >= 0.3 is 6.03 Å². The maximum atomic E-state index is 12.2. The summed E-state index contributed by atoms with van der Waals surface area (Å²) in [5.41, 5.74) is 0.558. The minimum absolute atomic E-state index is 0.126. The van der Waals surface area contributed by atoms with Crippen molar-refractivity contribution < 1.29 is 18.7 Å². The van der Waals surface area contributed by atoms with E-state index in [1.54, 1.807) is 36.2 Å². The van der Waals surface area contributed by atoms with Crippen LogP contribution in [0.4, 0.5) is 19.3 Å². The Hall–Kier alpha value is -1.34. The van der Waals surface area contributed by atoms with Crippen LogP contribution in [0.1, 0.15) is 19.3 Å². The highest BCUT2D eigenvalue weighted by Crippen LogP contribution is 2.27. The molecule has 0 radical (unpaired) electrons. The summed E-state index contributed by atoms with van der Waals surface area (Å²) in [5.74, 6) is -2.33. The molecule has 22 heavy (non-hydrogen) atoms. The third-order valence-corrected chi connectivity index (χ3v) is 4.53. The molecule has 7 heteroatoms. The summed E-state index contributed by atoms with van der Waals surface area (Å²) in [4.78, 5) is 14.1. The summed E-state index contributed by atoms with van der Waals surface area (Å²) in [7, 11) is 1.68. The molecule has 0 aromatic heterocycles. The molecule has 1 aliphatic carbocycles. The number of urea groups is 1. The van der Waals surface area contributed by atoms with Gasteiger partial charge in [-0.2, -0.15) is 8.78 Å². The Morgan fingerprint density at radius 1 is 1.41 bits per heavy atom. The lowest BCUT2D eigenvalue weighted by atomic mass is 10.1. The maximum Gasteiger partial charge on any atom is 0.321 e. The molecule has 2 amide bonds. The van der Waals surface area contributed by atoms with E-state index in [4.69, 9.17) is 0 Å². The predicted octanol–water partition coefficient (Wildman–Crippen LogP) is 3.63. The normalized spacial score (nSPS) is 21.1. The minimum atomic E-state index is -2.45. The van der Waals surface area contributed by atoms with Crippen LogP contribution < -0.4 is 5.32 Å². The Morgan fingerprint density at radius 2 is 2.09 bits per heavy atom. The van der Waals surface area contributed by atoms with Crippen LogP contribution in [0.5, 0.6) is 0 Å². The first kappa shape index (κ1) is 17.0. The monoisotopic (exact) mass is 330 g/mol. The lowest BCUT2D eigenvalue weighted by Gasteiger charge is -2.23. The van der Waals surface area contributed by atoms with Gasteiger partial charge in [-0.3, -0.25) is 0 Å². The van der Waals surface area contributed by atoms with Crippen LogP contribution in [0.25, 0.3) is 0 Å². The number of benzene rings is 1. The first-order chi connectivity index (χ1) is 10.5. The standard InChI is InChI=1S/C15H20F2N2O2S/c1-19(9-10-3-2-4-13(10)20)15(21)18-11-5-7-12(8-6-11)22-14(16)17/h5-8,10,13-14,20H,2-4,9H2,1H3,(H,18,21)/t10-,13+/m0/s1. The van der Waals surface area contributed by atoms with E-state index in [0.29, 0.717) is 28.9 Å². The number of hydrogen-bond donors (Lipinski definition) is 2. The number of anilines is 1. The van der Waals surface area contributed by atoms with Gasteiger partial charge in [0.25, 0.3) is 5.76 Å². The number of carbonyl (C=O) groups excluding carboxylic acids is 1. The van der Waals surface area contributed by atoms with Crippen LogP contribution in [0.15, 0.2) is 29.2 Å². The van der Waals surface area contributed by atoms with Gasteiger partial charge < -0.3 is 15.3 Å². The lowest BCUT2D eigenvalue weighted by Crippen LogP contribution is -2.37. The zero-order valence-electron chi connectivity index (χ0n) is 12.3. The molecule has 1 aliphatic rings. The quantitative estimate of drug-likeness (QED) is 0.811. The second-order valence-corrected chi connectivity index (χ2v) is 6.54. The van der Waals surface area contributed by atoms with Crippen molar-refractivity contribution in [1.29, 1.82) is 0 Å². The number of alkyl halides is 2. The fraction of sp³-hybridized carbons (Fsp3) is 0.533. The average molecular weight is 330 g/mol.